The summed E-state index contributed by atoms with van der Waals surface area (Å²) in [4.78, 5) is 26.8. The number of hydrogen-bond acceptors (Lipinski definition) is 3. The maximum Gasteiger partial charge on any atom is 0.352 e. The number of para-hydroxylation sites is 1. The van der Waals surface area contributed by atoms with E-state index >= 15 is 0 Å². The lowest BCUT2D eigenvalue weighted by atomic mass is 9.69. The highest BCUT2D eigenvalue weighted by molar-refractivity contribution is 5.49. The number of benzene rings is 1. The van der Waals surface area contributed by atoms with Crippen molar-refractivity contribution < 1.29 is 4.74 Å². The van der Waals surface area contributed by atoms with E-state index in [0.29, 0.717) is 17.5 Å². The van der Waals surface area contributed by atoms with Crippen molar-refractivity contribution in [1.29, 1.82) is 0 Å². The first-order chi connectivity index (χ1) is 12.7. The van der Waals surface area contributed by atoms with Crippen LogP contribution in [0.2, 0.25) is 0 Å². The molecule has 132 valence electrons. The Morgan fingerprint density at radius 1 is 0.846 bits per heavy atom. The van der Waals surface area contributed by atoms with E-state index in [1.54, 1.807) is 0 Å². The molecule has 3 aliphatic heterocycles. The largest absolute Gasteiger partial charge is 0.381 e. The van der Waals surface area contributed by atoms with E-state index in [1.807, 2.05) is 39.7 Å². The third-order valence-corrected chi connectivity index (χ3v) is 9.12. The lowest BCUT2D eigenvalue weighted by molar-refractivity contribution is -0.00192. The monoisotopic (exact) mass is 349 g/mol. The average Bonchev–Trinajstić information content (AvgIpc) is 3.42. The van der Waals surface area contributed by atoms with E-state index < -0.39 is 0 Å². The van der Waals surface area contributed by atoms with Crippen molar-refractivity contribution in [3.63, 3.8) is 0 Å². The molecule has 2 aromatic rings. The van der Waals surface area contributed by atoms with E-state index in [9.17, 15) is 9.59 Å². The van der Waals surface area contributed by atoms with Gasteiger partial charge in [0.05, 0.1) is 17.8 Å². The van der Waals surface area contributed by atoms with Crippen LogP contribution in [0.5, 0.6) is 0 Å². The third-order valence-electron chi connectivity index (χ3n) is 9.12. The van der Waals surface area contributed by atoms with Crippen molar-refractivity contribution in [2.45, 2.75) is 24.9 Å². The minimum absolute atomic E-state index is 0.138. The molecule has 0 N–H and O–H groups in total. The number of rotatable bonds is 1. The Hall–Kier alpha value is -2.08. The molecule has 1 aromatic carbocycles. The van der Waals surface area contributed by atoms with Crippen molar-refractivity contribution >= 4 is 0 Å². The molecule has 6 heteroatoms. The zero-order valence-electron chi connectivity index (χ0n) is 14.2. The summed E-state index contributed by atoms with van der Waals surface area (Å²) < 4.78 is 11.0. The minimum Gasteiger partial charge on any atom is -0.381 e. The first-order valence-corrected chi connectivity index (χ1v) is 9.84. The molecule has 1 saturated heterocycles. The van der Waals surface area contributed by atoms with Gasteiger partial charge in [0.25, 0.3) is 0 Å². The van der Waals surface area contributed by atoms with E-state index in [0.717, 1.165) is 37.9 Å². The summed E-state index contributed by atoms with van der Waals surface area (Å²) in [6.07, 6.45) is 2.13. The van der Waals surface area contributed by atoms with Gasteiger partial charge >= 0.3 is 11.4 Å². The summed E-state index contributed by atoms with van der Waals surface area (Å²) in [5.74, 6) is 2.77. The number of hydrogen-bond donors (Lipinski definition) is 0. The van der Waals surface area contributed by atoms with Gasteiger partial charge in [-0.2, -0.15) is 0 Å². The van der Waals surface area contributed by atoms with Crippen LogP contribution in [-0.4, -0.2) is 27.1 Å². The van der Waals surface area contributed by atoms with Gasteiger partial charge in [0, 0.05) is 24.0 Å². The molecule has 0 radical (unpaired) electrons. The van der Waals surface area contributed by atoms with Crippen LogP contribution in [-0.2, 0) is 4.74 Å². The van der Waals surface area contributed by atoms with Gasteiger partial charge in [-0.05, 0) is 48.6 Å². The molecule has 4 saturated carbocycles. The standard InChI is InChI=1S/C20H19N3O3/c24-17-21(10-4-2-1-3-5-10)18(25)23-16-13-11-12(13)15(22(17)23)19-6-8-26-9-7-20(16,19)14(11)19/h1-5,11-16H,6-9H2/t11?,12-,13+,14?,15-,16-,19+,20+/m0/s1. The van der Waals surface area contributed by atoms with Gasteiger partial charge in [-0.3, -0.25) is 0 Å². The second-order valence-electron chi connectivity index (χ2n) is 9.22. The molecule has 9 rings (SSSR count). The van der Waals surface area contributed by atoms with E-state index in [4.69, 9.17) is 4.74 Å². The second kappa shape index (κ2) is 3.52. The van der Waals surface area contributed by atoms with Crippen molar-refractivity contribution in [2.75, 3.05) is 13.2 Å². The molecular formula is C20H19N3O3. The molecule has 4 heterocycles. The van der Waals surface area contributed by atoms with Gasteiger partial charge in [-0.1, -0.05) is 18.2 Å². The summed E-state index contributed by atoms with van der Waals surface area (Å²) >= 11 is 0. The SMILES string of the molecule is O=c1n(-c2ccccc2)c(=O)n2n1[C@H]1[C@@H]3C4C5[C@]16CCOCC[C@]56[C@@H]2[C@@H]43. The molecule has 2 spiro atoms. The van der Waals surface area contributed by atoms with Gasteiger partial charge in [0.15, 0.2) is 0 Å². The summed E-state index contributed by atoms with van der Waals surface area (Å²) in [5, 5.41) is 0. The zero-order chi connectivity index (χ0) is 17.0. The molecular weight excluding hydrogens is 330 g/mol. The Kier molecular flexibility index (Phi) is 1.78. The first-order valence-electron chi connectivity index (χ1n) is 9.84. The first kappa shape index (κ1) is 13.1. The third kappa shape index (κ3) is 0.942. The number of aromatic nitrogens is 3. The van der Waals surface area contributed by atoms with Crippen LogP contribution < -0.4 is 11.4 Å². The molecule has 5 fully saturated rings. The molecule has 4 aliphatic carbocycles. The highest BCUT2D eigenvalue weighted by Gasteiger charge is 3.02. The lowest BCUT2D eigenvalue weighted by Gasteiger charge is -2.47. The normalized spacial score (nSPS) is 50.2. The predicted octanol–water partition coefficient (Wildman–Crippen LogP) is 1.20. The lowest BCUT2D eigenvalue weighted by Crippen LogP contribution is -2.52. The maximum absolute atomic E-state index is 13.4. The molecule has 8 atom stereocenters. The quantitative estimate of drug-likeness (QED) is 0.777. The van der Waals surface area contributed by atoms with Gasteiger partial charge < -0.3 is 4.74 Å². The summed E-state index contributed by atoms with van der Waals surface area (Å²) in [6.45, 7) is 1.62. The molecule has 1 aromatic heterocycles. The number of ether oxygens (including phenoxy) is 1. The predicted molar refractivity (Wildman–Crippen MR) is 91.2 cm³/mol. The Balaban J connectivity index is 1.45. The van der Waals surface area contributed by atoms with Crippen LogP contribution >= 0.6 is 0 Å². The smallest absolute Gasteiger partial charge is 0.352 e. The molecule has 2 bridgehead atoms. The van der Waals surface area contributed by atoms with Crippen LogP contribution in [0.25, 0.3) is 5.69 Å². The van der Waals surface area contributed by atoms with Crippen LogP contribution in [0, 0.1) is 34.5 Å². The Morgan fingerprint density at radius 2 is 1.42 bits per heavy atom. The van der Waals surface area contributed by atoms with Gasteiger partial charge in [0.1, 0.15) is 0 Å². The van der Waals surface area contributed by atoms with Crippen molar-refractivity contribution in [1.82, 2.24) is 13.9 Å². The Morgan fingerprint density at radius 3 is 2.00 bits per heavy atom. The Bertz CT molecular complexity index is 1060. The average molecular weight is 349 g/mol. The highest BCUT2D eigenvalue weighted by Crippen LogP contribution is 3.03. The van der Waals surface area contributed by atoms with E-state index in [1.165, 1.54) is 4.57 Å². The molecule has 6 nitrogen and oxygen atoms in total. The van der Waals surface area contributed by atoms with Crippen molar-refractivity contribution in [3.8, 4) is 5.69 Å². The van der Waals surface area contributed by atoms with Gasteiger partial charge in [-0.15, -0.1) is 0 Å². The van der Waals surface area contributed by atoms with Crippen LogP contribution in [0.1, 0.15) is 24.9 Å². The van der Waals surface area contributed by atoms with Crippen LogP contribution in [0.4, 0.5) is 0 Å². The zero-order valence-corrected chi connectivity index (χ0v) is 14.2. The van der Waals surface area contributed by atoms with E-state index in [-0.39, 0.29) is 34.3 Å². The Labute approximate surface area is 149 Å². The fourth-order valence-electron chi connectivity index (χ4n) is 8.84. The molecule has 0 amide bonds. The summed E-state index contributed by atoms with van der Waals surface area (Å²) in [7, 11) is 0. The fraction of sp³-hybridized carbons (Fsp3) is 0.600. The number of nitrogens with zero attached hydrogens (tertiary/aromatic N) is 3. The summed E-state index contributed by atoms with van der Waals surface area (Å²) in [6, 6.07) is 9.83. The maximum atomic E-state index is 13.4. The molecule has 2 unspecified atom stereocenters. The minimum atomic E-state index is -0.138. The van der Waals surface area contributed by atoms with E-state index in [2.05, 4.69) is 0 Å². The van der Waals surface area contributed by atoms with Crippen molar-refractivity contribution in [3.05, 3.63) is 51.3 Å². The van der Waals surface area contributed by atoms with Gasteiger partial charge in [-0.25, -0.2) is 23.5 Å². The fourth-order valence-corrected chi connectivity index (χ4v) is 8.84. The molecule has 7 aliphatic rings. The summed E-state index contributed by atoms with van der Waals surface area (Å²) in [5.41, 5.74) is 0.876. The highest BCUT2D eigenvalue weighted by atomic mass is 16.5. The van der Waals surface area contributed by atoms with Gasteiger partial charge in [0.2, 0.25) is 0 Å². The van der Waals surface area contributed by atoms with Crippen molar-refractivity contribution in [2.24, 2.45) is 34.5 Å². The second-order valence-corrected chi connectivity index (χ2v) is 9.22. The van der Waals surface area contributed by atoms with Crippen LogP contribution in [0.3, 0.4) is 0 Å². The molecule has 26 heavy (non-hydrogen) atoms. The topological polar surface area (TPSA) is 58.2 Å². The van der Waals surface area contributed by atoms with Crippen LogP contribution in [0.15, 0.2) is 39.9 Å².